The van der Waals surface area contributed by atoms with Crippen molar-refractivity contribution in [1.29, 1.82) is 0 Å². The summed E-state index contributed by atoms with van der Waals surface area (Å²) in [6.45, 7) is 1.48. The Bertz CT molecular complexity index is 2040. The van der Waals surface area contributed by atoms with Crippen LogP contribution in [0.4, 0.5) is 27.6 Å². The van der Waals surface area contributed by atoms with E-state index in [2.05, 4.69) is 19.4 Å². The third kappa shape index (κ3) is 8.42. The smallest absolute Gasteiger partial charge is 0.439 e. The average Bonchev–Trinajstić information content (AvgIpc) is 3.44. The van der Waals surface area contributed by atoms with Gasteiger partial charge in [-0.05, 0) is 73.2 Å². The predicted octanol–water partition coefficient (Wildman–Crippen LogP) is 7.49. The van der Waals surface area contributed by atoms with Gasteiger partial charge in [0, 0.05) is 69.4 Å². The number of piperazine rings is 1. The summed E-state index contributed by atoms with van der Waals surface area (Å²) < 4.78 is 78.4. The molecule has 5 aromatic rings. The molecule has 1 fully saturated rings. The number of halogens is 5. The third-order valence-corrected chi connectivity index (χ3v) is 8.79. The van der Waals surface area contributed by atoms with Crippen LogP contribution < -0.4 is 19.1 Å². The van der Waals surface area contributed by atoms with Crippen LogP contribution in [0.2, 0.25) is 0 Å². The topological polar surface area (TPSA) is 89.4 Å². The number of hydrogen-bond acceptors (Lipinski definition) is 7. The fraction of sp³-hybridized carbons (Fsp3) is 0.270. The Labute approximate surface area is 295 Å². The van der Waals surface area contributed by atoms with E-state index >= 15 is 0 Å². The Morgan fingerprint density at radius 1 is 0.923 bits per heavy atom. The van der Waals surface area contributed by atoms with E-state index in [4.69, 9.17) is 4.74 Å². The van der Waals surface area contributed by atoms with Crippen LogP contribution >= 0.6 is 0 Å². The zero-order valence-electron chi connectivity index (χ0n) is 28.3. The molecule has 1 atom stereocenters. The van der Waals surface area contributed by atoms with Crippen molar-refractivity contribution in [1.82, 2.24) is 19.4 Å². The summed E-state index contributed by atoms with van der Waals surface area (Å²) in [6, 6.07) is 21.7. The fourth-order valence-corrected chi connectivity index (χ4v) is 6.03. The molecule has 272 valence electrons. The van der Waals surface area contributed by atoms with Crippen molar-refractivity contribution in [2.24, 2.45) is 7.05 Å². The van der Waals surface area contributed by atoms with Gasteiger partial charge in [-0.2, -0.15) is 8.78 Å². The monoisotopic (exact) mass is 723 g/mol. The first-order valence-corrected chi connectivity index (χ1v) is 16.2. The highest BCUT2D eigenvalue weighted by Crippen LogP contribution is 2.29. The van der Waals surface area contributed by atoms with Crippen molar-refractivity contribution in [3.8, 4) is 23.1 Å². The second-order valence-corrected chi connectivity index (χ2v) is 12.3. The number of carbonyl (C=O) groups is 2. The Morgan fingerprint density at radius 2 is 1.62 bits per heavy atom. The van der Waals surface area contributed by atoms with E-state index in [0.29, 0.717) is 43.3 Å². The first kappa shape index (κ1) is 36.1. The number of pyridine rings is 1. The van der Waals surface area contributed by atoms with Crippen LogP contribution in [0, 0.1) is 0 Å². The van der Waals surface area contributed by atoms with Gasteiger partial charge < -0.3 is 28.6 Å². The van der Waals surface area contributed by atoms with Gasteiger partial charge in [-0.15, -0.1) is 13.2 Å². The summed E-state index contributed by atoms with van der Waals surface area (Å²) in [6.07, 6.45) is -3.39. The molecule has 0 aliphatic carbocycles. The van der Waals surface area contributed by atoms with E-state index in [0.717, 1.165) is 28.6 Å². The molecule has 0 bridgehead atoms. The van der Waals surface area contributed by atoms with Gasteiger partial charge in [-0.25, -0.2) is 4.98 Å². The van der Waals surface area contributed by atoms with Crippen LogP contribution in [0.15, 0.2) is 91.1 Å². The summed E-state index contributed by atoms with van der Waals surface area (Å²) in [5.41, 5.74) is 2.86. The van der Waals surface area contributed by atoms with Crippen molar-refractivity contribution in [3.05, 3.63) is 108 Å². The highest BCUT2D eigenvalue weighted by atomic mass is 19.4. The Balaban J connectivity index is 1.06. The quantitative estimate of drug-likeness (QED) is 0.138. The van der Waals surface area contributed by atoms with Crippen LogP contribution in [0.5, 0.6) is 23.1 Å². The number of alkyl halides is 5. The number of aromatic nitrogens is 2. The minimum atomic E-state index is -4.83. The first-order chi connectivity index (χ1) is 24.7. The van der Waals surface area contributed by atoms with Crippen molar-refractivity contribution in [2.45, 2.75) is 32.5 Å². The molecule has 1 aliphatic rings. The molecule has 0 saturated carbocycles. The van der Waals surface area contributed by atoms with E-state index in [1.54, 1.807) is 30.3 Å². The molecule has 10 nitrogen and oxygen atoms in total. The van der Waals surface area contributed by atoms with Gasteiger partial charge in [-0.3, -0.25) is 14.5 Å². The number of ether oxygens (including phenoxy) is 3. The second kappa shape index (κ2) is 14.9. The normalized spacial score (nSPS) is 15.2. The molecule has 3 heterocycles. The molecular weight excluding hydrogens is 689 g/mol. The molecule has 1 saturated heterocycles. The maximum atomic E-state index is 13.7. The third-order valence-electron chi connectivity index (χ3n) is 8.79. The number of benzene rings is 3. The molecule has 0 spiro atoms. The van der Waals surface area contributed by atoms with Crippen LogP contribution in [0.25, 0.3) is 10.9 Å². The van der Waals surface area contributed by atoms with Crippen LogP contribution in [0.3, 0.4) is 0 Å². The van der Waals surface area contributed by atoms with Gasteiger partial charge in [0.25, 0.3) is 11.8 Å². The van der Waals surface area contributed by atoms with Gasteiger partial charge in [0.15, 0.2) is 0 Å². The van der Waals surface area contributed by atoms with Crippen molar-refractivity contribution in [3.63, 3.8) is 0 Å². The zero-order chi connectivity index (χ0) is 37.2. The van der Waals surface area contributed by atoms with Crippen molar-refractivity contribution in [2.75, 3.05) is 31.6 Å². The van der Waals surface area contributed by atoms with Gasteiger partial charge in [0.1, 0.15) is 22.9 Å². The molecule has 0 unspecified atom stereocenters. The van der Waals surface area contributed by atoms with Crippen molar-refractivity contribution >= 4 is 28.4 Å². The second-order valence-electron chi connectivity index (χ2n) is 12.3. The highest BCUT2D eigenvalue weighted by molar-refractivity contribution is 6.05. The largest absolute Gasteiger partial charge is 0.573 e. The molecule has 3 aromatic carbocycles. The molecule has 6 rings (SSSR count). The average molecular weight is 724 g/mol. The Morgan fingerprint density at radius 3 is 2.25 bits per heavy atom. The number of anilines is 1. The molecule has 1 aliphatic heterocycles. The lowest BCUT2D eigenvalue weighted by Gasteiger charge is -2.40. The van der Waals surface area contributed by atoms with E-state index in [1.807, 2.05) is 41.6 Å². The van der Waals surface area contributed by atoms with Gasteiger partial charge in [0.05, 0.1) is 17.4 Å². The SMILES string of the molecule is C[C@H]1CN(C(=O)c2cc3ccc(Oc4ccc(N(C)C(=O)c5ccc(OC(F)(F)F)cc5)cn4)cc3n2C)CCN1Cc1ccc(OC(F)F)cc1. The van der Waals surface area contributed by atoms with E-state index < -0.39 is 24.6 Å². The Kier molecular flexibility index (Phi) is 10.3. The number of rotatable bonds is 10. The number of hydrogen-bond donors (Lipinski definition) is 0. The first-order valence-electron chi connectivity index (χ1n) is 16.2. The number of fused-ring (bicyclic) bond motifs is 1. The lowest BCUT2D eigenvalue weighted by molar-refractivity contribution is -0.274. The van der Waals surface area contributed by atoms with Gasteiger partial charge in [0.2, 0.25) is 5.88 Å². The van der Waals surface area contributed by atoms with Gasteiger partial charge in [-0.1, -0.05) is 12.1 Å². The maximum Gasteiger partial charge on any atom is 0.573 e. The lowest BCUT2D eigenvalue weighted by atomic mass is 10.1. The summed E-state index contributed by atoms with van der Waals surface area (Å²) in [5, 5.41) is 0.852. The minimum absolute atomic E-state index is 0.0643. The van der Waals surface area contributed by atoms with E-state index in [9.17, 15) is 31.5 Å². The summed E-state index contributed by atoms with van der Waals surface area (Å²) in [4.78, 5) is 36.3. The number of amides is 2. The molecule has 52 heavy (non-hydrogen) atoms. The molecule has 0 N–H and O–H groups in total. The van der Waals surface area contributed by atoms with E-state index in [1.165, 1.54) is 42.4 Å². The summed E-state index contributed by atoms with van der Waals surface area (Å²) in [5.74, 6) is -0.138. The predicted molar refractivity (Wildman–Crippen MR) is 182 cm³/mol. The van der Waals surface area contributed by atoms with Crippen LogP contribution in [-0.4, -0.2) is 76.9 Å². The molecule has 15 heteroatoms. The molecule has 0 radical (unpaired) electrons. The minimum Gasteiger partial charge on any atom is -0.439 e. The van der Waals surface area contributed by atoms with Crippen LogP contribution in [0.1, 0.15) is 33.3 Å². The van der Waals surface area contributed by atoms with Crippen molar-refractivity contribution < 1.29 is 45.8 Å². The Hall–Kier alpha value is -5.70. The van der Waals surface area contributed by atoms with E-state index in [-0.39, 0.29) is 29.1 Å². The van der Waals surface area contributed by atoms with Gasteiger partial charge >= 0.3 is 13.0 Å². The zero-order valence-corrected chi connectivity index (χ0v) is 28.3. The highest BCUT2D eigenvalue weighted by Gasteiger charge is 2.31. The molecule has 2 aromatic heterocycles. The standard InChI is InChI=1S/C37H34F5N5O5/c1-23-21-47(17-16-46(23)22-24-4-10-28(11-5-24)51-36(38)39)35(49)32-18-26-8-14-30(19-31(26)45(32)3)50-33-15-9-27(20-43-33)44(2)34(48)25-6-12-29(13-7-25)52-37(40,41)42/h4-15,18-20,23,36H,16-17,21-22H2,1-3H3/t23-/m0/s1. The molecular formula is C37H34F5N5O5. The summed E-state index contributed by atoms with van der Waals surface area (Å²) in [7, 11) is 3.33. The molecule has 2 amide bonds. The van der Waals surface area contributed by atoms with Crippen LogP contribution in [-0.2, 0) is 13.6 Å². The summed E-state index contributed by atoms with van der Waals surface area (Å²) >= 11 is 0. The lowest BCUT2D eigenvalue weighted by Crippen LogP contribution is -2.53. The number of aryl methyl sites for hydroxylation is 1. The maximum absolute atomic E-state index is 13.7. The number of carbonyl (C=O) groups excluding carboxylic acids is 2. The number of nitrogens with zero attached hydrogens (tertiary/aromatic N) is 5. The fourth-order valence-electron chi connectivity index (χ4n) is 6.03.